The van der Waals surface area contributed by atoms with Crippen molar-refractivity contribution in [3.8, 4) is 5.75 Å². The van der Waals surface area contributed by atoms with Crippen molar-refractivity contribution in [2.45, 2.75) is 26.2 Å². The molecule has 0 saturated carbocycles. The van der Waals surface area contributed by atoms with Gasteiger partial charge in [-0.05, 0) is 38.0 Å². The monoisotopic (exact) mass is 291 g/mol. The summed E-state index contributed by atoms with van der Waals surface area (Å²) in [6.07, 6.45) is 4.50. The second kappa shape index (κ2) is 8.79. The van der Waals surface area contributed by atoms with Crippen molar-refractivity contribution in [3.05, 3.63) is 35.4 Å². The summed E-state index contributed by atoms with van der Waals surface area (Å²) in [6, 6.07) is 5.74. The van der Waals surface area contributed by atoms with Crippen molar-refractivity contribution in [1.29, 1.82) is 0 Å². The highest BCUT2D eigenvalue weighted by Crippen LogP contribution is 2.20. The Bertz CT molecular complexity index is 523. The standard InChI is InChI=1S/C16H21NO4/c1-12-6-8-14(21-2)13(11-12)7-9-15(18)17-10-4-3-5-16(19)20/h6-9,11H,3-5,10H2,1-2H3,(H,17,18)(H,19,20). The Labute approximate surface area is 124 Å². The van der Waals surface area contributed by atoms with E-state index in [2.05, 4.69) is 5.32 Å². The molecule has 0 aliphatic heterocycles. The van der Waals surface area contributed by atoms with E-state index in [4.69, 9.17) is 9.84 Å². The topological polar surface area (TPSA) is 75.6 Å². The van der Waals surface area contributed by atoms with Crippen molar-refractivity contribution in [2.24, 2.45) is 0 Å². The lowest BCUT2D eigenvalue weighted by atomic mass is 10.1. The summed E-state index contributed by atoms with van der Waals surface area (Å²) in [7, 11) is 1.59. The van der Waals surface area contributed by atoms with Crippen LogP contribution in [0.5, 0.6) is 5.75 Å². The van der Waals surface area contributed by atoms with E-state index < -0.39 is 5.97 Å². The van der Waals surface area contributed by atoms with E-state index in [1.54, 1.807) is 13.2 Å². The molecule has 5 nitrogen and oxygen atoms in total. The molecular weight excluding hydrogens is 270 g/mol. The van der Waals surface area contributed by atoms with Gasteiger partial charge in [0.1, 0.15) is 5.75 Å². The quantitative estimate of drug-likeness (QED) is 0.569. The summed E-state index contributed by atoms with van der Waals surface area (Å²) < 4.78 is 5.23. The second-order valence-electron chi connectivity index (χ2n) is 4.72. The fourth-order valence-corrected chi connectivity index (χ4v) is 1.82. The number of rotatable bonds is 8. The van der Waals surface area contributed by atoms with E-state index in [9.17, 15) is 9.59 Å². The molecule has 21 heavy (non-hydrogen) atoms. The number of hydrogen-bond donors (Lipinski definition) is 2. The highest BCUT2D eigenvalue weighted by molar-refractivity contribution is 5.92. The fourth-order valence-electron chi connectivity index (χ4n) is 1.82. The number of hydrogen-bond acceptors (Lipinski definition) is 3. The van der Waals surface area contributed by atoms with Gasteiger partial charge in [0.05, 0.1) is 7.11 Å². The molecule has 0 saturated heterocycles. The molecular formula is C16H21NO4. The predicted molar refractivity (Wildman–Crippen MR) is 81.3 cm³/mol. The van der Waals surface area contributed by atoms with Crippen molar-refractivity contribution >= 4 is 18.0 Å². The Kier molecular flexibility index (Phi) is 7.01. The molecule has 0 aromatic heterocycles. The van der Waals surface area contributed by atoms with Crippen LogP contribution < -0.4 is 10.1 Å². The first-order valence-corrected chi connectivity index (χ1v) is 6.85. The Morgan fingerprint density at radius 3 is 2.76 bits per heavy atom. The highest BCUT2D eigenvalue weighted by atomic mass is 16.5. The lowest BCUT2D eigenvalue weighted by Gasteiger charge is -2.05. The average molecular weight is 291 g/mol. The molecule has 0 aliphatic rings. The number of nitrogens with one attached hydrogen (secondary N) is 1. The van der Waals surface area contributed by atoms with Gasteiger partial charge in [0.25, 0.3) is 0 Å². The van der Waals surface area contributed by atoms with Gasteiger partial charge in [0.2, 0.25) is 5.91 Å². The average Bonchev–Trinajstić information content (AvgIpc) is 2.44. The molecule has 0 bridgehead atoms. The van der Waals surface area contributed by atoms with Gasteiger partial charge < -0.3 is 15.2 Å². The van der Waals surface area contributed by atoms with E-state index in [0.717, 1.165) is 11.1 Å². The van der Waals surface area contributed by atoms with E-state index in [1.165, 1.54) is 6.08 Å². The lowest BCUT2D eigenvalue weighted by molar-refractivity contribution is -0.137. The zero-order valence-electron chi connectivity index (χ0n) is 12.4. The summed E-state index contributed by atoms with van der Waals surface area (Å²) in [5, 5.41) is 11.2. The second-order valence-corrected chi connectivity index (χ2v) is 4.72. The fraction of sp³-hybridized carbons (Fsp3) is 0.375. The number of carbonyl (C=O) groups is 2. The third-order valence-corrected chi connectivity index (χ3v) is 2.92. The molecule has 1 aromatic carbocycles. The van der Waals surface area contributed by atoms with Crippen molar-refractivity contribution in [1.82, 2.24) is 5.32 Å². The molecule has 0 radical (unpaired) electrons. The van der Waals surface area contributed by atoms with Crippen LogP contribution in [0.4, 0.5) is 0 Å². The number of carbonyl (C=O) groups excluding carboxylic acids is 1. The van der Waals surface area contributed by atoms with Crippen LogP contribution in [-0.4, -0.2) is 30.6 Å². The van der Waals surface area contributed by atoms with Crippen LogP contribution in [0, 0.1) is 6.92 Å². The first-order chi connectivity index (χ1) is 10.0. The third-order valence-electron chi connectivity index (χ3n) is 2.92. The number of unbranched alkanes of at least 4 members (excludes halogenated alkanes) is 1. The molecule has 1 amide bonds. The van der Waals surface area contributed by atoms with Gasteiger partial charge >= 0.3 is 5.97 Å². The Morgan fingerprint density at radius 1 is 1.33 bits per heavy atom. The van der Waals surface area contributed by atoms with Crippen LogP contribution in [-0.2, 0) is 9.59 Å². The summed E-state index contributed by atoms with van der Waals surface area (Å²) in [5.74, 6) is -0.298. The van der Waals surface area contributed by atoms with Gasteiger partial charge in [-0.1, -0.05) is 11.6 Å². The van der Waals surface area contributed by atoms with Gasteiger partial charge in [-0.3, -0.25) is 9.59 Å². The number of aryl methyl sites for hydroxylation is 1. The smallest absolute Gasteiger partial charge is 0.303 e. The first kappa shape index (κ1) is 16.8. The maximum Gasteiger partial charge on any atom is 0.303 e. The molecule has 1 rings (SSSR count). The minimum atomic E-state index is -0.812. The number of carboxylic acid groups (broad SMARTS) is 1. The largest absolute Gasteiger partial charge is 0.496 e. The zero-order chi connectivity index (χ0) is 15.7. The molecule has 0 unspecified atom stereocenters. The number of carboxylic acids is 1. The van der Waals surface area contributed by atoms with Crippen LogP contribution in [0.15, 0.2) is 24.3 Å². The van der Waals surface area contributed by atoms with Crippen LogP contribution in [0.3, 0.4) is 0 Å². The number of methoxy groups -OCH3 is 1. The number of benzene rings is 1. The Morgan fingerprint density at radius 2 is 2.10 bits per heavy atom. The number of ether oxygens (including phenoxy) is 1. The van der Waals surface area contributed by atoms with Gasteiger partial charge in [-0.25, -0.2) is 0 Å². The van der Waals surface area contributed by atoms with E-state index >= 15 is 0 Å². The SMILES string of the molecule is COc1ccc(C)cc1C=CC(=O)NCCCCC(=O)O. The molecule has 1 aromatic rings. The zero-order valence-corrected chi connectivity index (χ0v) is 12.4. The first-order valence-electron chi connectivity index (χ1n) is 6.85. The van der Waals surface area contributed by atoms with Gasteiger partial charge in [0, 0.05) is 24.6 Å². The molecule has 114 valence electrons. The lowest BCUT2D eigenvalue weighted by Crippen LogP contribution is -2.22. The molecule has 0 fully saturated rings. The van der Waals surface area contributed by atoms with E-state index in [1.807, 2.05) is 25.1 Å². The van der Waals surface area contributed by atoms with Crippen LogP contribution in [0.1, 0.15) is 30.4 Å². The van der Waals surface area contributed by atoms with E-state index in [-0.39, 0.29) is 12.3 Å². The predicted octanol–water partition coefficient (Wildman–Crippen LogP) is 2.39. The normalized spacial score (nSPS) is 10.6. The minimum absolute atomic E-state index is 0.131. The van der Waals surface area contributed by atoms with Gasteiger partial charge in [-0.15, -0.1) is 0 Å². The maximum atomic E-state index is 11.6. The Hall–Kier alpha value is -2.30. The molecule has 2 N–H and O–H groups in total. The summed E-state index contributed by atoms with van der Waals surface area (Å²) in [5.41, 5.74) is 1.93. The minimum Gasteiger partial charge on any atom is -0.496 e. The summed E-state index contributed by atoms with van der Waals surface area (Å²) >= 11 is 0. The van der Waals surface area contributed by atoms with Crippen molar-refractivity contribution < 1.29 is 19.4 Å². The number of amides is 1. The third kappa shape index (κ3) is 6.61. The van der Waals surface area contributed by atoms with Crippen LogP contribution in [0.25, 0.3) is 6.08 Å². The maximum absolute atomic E-state index is 11.6. The number of aliphatic carboxylic acids is 1. The molecule has 0 spiro atoms. The van der Waals surface area contributed by atoms with Gasteiger partial charge in [-0.2, -0.15) is 0 Å². The van der Waals surface area contributed by atoms with E-state index in [0.29, 0.717) is 25.1 Å². The van der Waals surface area contributed by atoms with Crippen LogP contribution >= 0.6 is 0 Å². The summed E-state index contributed by atoms with van der Waals surface area (Å²) in [6.45, 7) is 2.45. The van der Waals surface area contributed by atoms with Crippen LogP contribution in [0.2, 0.25) is 0 Å². The van der Waals surface area contributed by atoms with Gasteiger partial charge in [0.15, 0.2) is 0 Å². The molecule has 0 aliphatic carbocycles. The van der Waals surface area contributed by atoms with Crippen molar-refractivity contribution in [3.63, 3.8) is 0 Å². The Balaban J connectivity index is 2.43. The molecule has 0 heterocycles. The van der Waals surface area contributed by atoms with Crippen molar-refractivity contribution in [2.75, 3.05) is 13.7 Å². The summed E-state index contributed by atoms with van der Waals surface area (Å²) in [4.78, 5) is 22.0. The molecule has 0 atom stereocenters. The molecule has 5 heteroatoms. The highest BCUT2D eigenvalue weighted by Gasteiger charge is 2.01.